The van der Waals surface area contributed by atoms with Crippen molar-refractivity contribution in [3.63, 3.8) is 0 Å². The van der Waals surface area contributed by atoms with Gasteiger partial charge in [-0.15, -0.1) is 0 Å². The molecular formula is C11H12BrN3S. The van der Waals surface area contributed by atoms with Crippen LogP contribution in [0.15, 0.2) is 27.8 Å². The van der Waals surface area contributed by atoms with E-state index in [0.29, 0.717) is 0 Å². The highest BCUT2D eigenvalue weighted by molar-refractivity contribution is 9.10. The van der Waals surface area contributed by atoms with Gasteiger partial charge < -0.3 is 5.73 Å². The molecule has 1 aromatic rings. The number of nitrogens with one attached hydrogen (secondary N) is 1. The number of hydrazone groups is 1. The van der Waals surface area contributed by atoms with Crippen molar-refractivity contribution in [3.05, 3.63) is 33.8 Å². The van der Waals surface area contributed by atoms with Crippen LogP contribution in [0.4, 0.5) is 0 Å². The first-order valence-corrected chi connectivity index (χ1v) is 6.28. The van der Waals surface area contributed by atoms with Crippen molar-refractivity contribution in [1.82, 2.24) is 5.43 Å². The van der Waals surface area contributed by atoms with Gasteiger partial charge in [0.05, 0.1) is 5.71 Å². The largest absolute Gasteiger partial charge is 0.375 e. The molecule has 0 aromatic heterocycles. The highest BCUT2D eigenvalue weighted by Crippen LogP contribution is 2.28. The smallest absolute Gasteiger partial charge is 0.184 e. The van der Waals surface area contributed by atoms with Crippen LogP contribution in [0.5, 0.6) is 0 Å². The molecule has 1 aliphatic carbocycles. The molecule has 2 rings (SSSR count). The fraction of sp³-hybridized carbons (Fsp3) is 0.273. The zero-order valence-corrected chi connectivity index (χ0v) is 11.1. The second-order valence-corrected chi connectivity index (χ2v) is 4.95. The number of thiocarbonyl (C=S) groups is 1. The fourth-order valence-corrected chi connectivity index (χ4v) is 2.50. The van der Waals surface area contributed by atoms with Crippen molar-refractivity contribution in [2.75, 3.05) is 0 Å². The van der Waals surface area contributed by atoms with Gasteiger partial charge in [-0.3, -0.25) is 5.43 Å². The number of rotatable bonds is 1. The van der Waals surface area contributed by atoms with Crippen LogP contribution in [-0.4, -0.2) is 10.8 Å². The summed E-state index contributed by atoms with van der Waals surface area (Å²) < 4.78 is 1.15. The monoisotopic (exact) mass is 297 g/mol. The molecule has 0 spiro atoms. The molecule has 16 heavy (non-hydrogen) atoms. The average Bonchev–Trinajstić information content (AvgIpc) is 2.27. The van der Waals surface area contributed by atoms with Crippen LogP contribution in [0.25, 0.3) is 0 Å². The van der Waals surface area contributed by atoms with Crippen molar-refractivity contribution in [2.45, 2.75) is 19.3 Å². The Labute approximate surface area is 108 Å². The molecule has 5 heteroatoms. The summed E-state index contributed by atoms with van der Waals surface area (Å²) in [5.41, 5.74) is 11.5. The van der Waals surface area contributed by atoms with Crippen LogP contribution in [0.3, 0.4) is 0 Å². The normalized spacial score (nSPS) is 16.9. The van der Waals surface area contributed by atoms with E-state index in [1.165, 1.54) is 11.1 Å². The summed E-state index contributed by atoms with van der Waals surface area (Å²) in [7, 11) is 0. The van der Waals surface area contributed by atoms with Crippen molar-refractivity contribution < 1.29 is 0 Å². The number of nitrogens with two attached hydrogens (primary N) is 1. The first-order chi connectivity index (χ1) is 7.68. The van der Waals surface area contributed by atoms with Crippen LogP contribution in [0.2, 0.25) is 0 Å². The number of benzene rings is 1. The lowest BCUT2D eigenvalue weighted by atomic mass is 9.90. The molecule has 1 aromatic carbocycles. The molecule has 84 valence electrons. The van der Waals surface area contributed by atoms with Crippen molar-refractivity contribution in [3.8, 4) is 0 Å². The Kier molecular flexibility index (Phi) is 3.56. The summed E-state index contributed by atoms with van der Waals surface area (Å²) in [5.74, 6) is 0. The molecule has 0 atom stereocenters. The van der Waals surface area contributed by atoms with E-state index in [2.05, 4.69) is 38.6 Å². The highest BCUT2D eigenvalue weighted by Gasteiger charge is 2.17. The van der Waals surface area contributed by atoms with Gasteiger partial charge in [-0.2, -0.15) is 5.10 Å². The summed E-state index contributed by atoms with van der Waals surface area (Å²) in [6.45, 7) is 0. The molecule has 3 nitrogen and oxygen atoms in total. The van der Waals surface area contributed by atoms with E-state index in [1.807, 2.05) is 6.07 Å². The Hall–Kier alpha value is -0.940. The van der Waals surface area contributed by atoms with Crippen LogP contribution in [0.1, 0.15) is 24.0 Å². The van der Waals surface area contributed by atoms with E-state index < -0.39 is 0 Å². The zero-order valence-electron chi connectivity index (χ0n) is 8.66. The first-order valence-electron chi connectivity index (χ1n) is 5.08. The first kappa shape index (κ1) is 11.5. The van der Waals surface area contributed by atoms with E-state index in [4.69, 9.17) is 18.0 Å². The summed E-state index contributed by atoms with van der Waals surface area (Å²) >= 11 is 8.30. The summed E-state index contributed by atoms with van der Waals surface area (Å²) in [4.78, 5) is 0. The standard InChI is InChI=1S/C11H12BrN3S/c12-9-5-1-4-8-7(9)3-2-6-10(8)14-15-11(13)16/h1,4-5H,2-3,6H2,(H3,13,15,16)/b14-10-. The van der Waals surface area contributed by atoms with E-state index in [0.717, 1.165) is 29.4 Å². The van der Waals surface area contributed by atoms with Gasteiger partial charge in [0.25, 0.3) is 0 Å². The Morgan fingerprint density at radius 3 is 3.00 bits per heavy atom. The second-order valence-electron chi connectivity index (χ2n) is 3.65. The average molecular weight is 298 g/mol. The van der Waals surface area contributed by atoms with E-state index in [-0.39, 0.29) is 5.11 Å². The Morgan fingerprint density at radius 1 is 1.44 bits per heavy atom. The highest BCUT2D eigenvalue weighted by atomic mass is 79.9. The van der Waals surface area contributed by atoms with Crippen molar-refractivity contribution >= 4 is 39.0 Å². The Balaban J connectivity index is 2.37. The molecule has 0 aliphatic heterocycles. The number of halogens is 1. The molecule has 0 saturated heterocycles. The zero-order chi connectivity index (χ0) is 11.5. The lowest BCUT2D eigenvalue weighted by molar-refractivity contribution is 0.824. The Morgan fingerprint density at radius 2 is 2.25 bits per heavy atom. The van der Waals surface area contributed by atoms with Crippen molar-refractivity contribution in [2.24, 2.45) is 10.8 Å². The lowest BCUT2D eigenvalue weighted by Gasteiger charge is -2.18. The molecule has 0 bridgehead atoms. The van der Waals surface area contributed by atoms with E-state index >= 15 is 0 Å². The molecule has 0 unspecified atom stereocenters. The fourth-order valence-electron chi connectivity index (χ4n) is 1.89. The maximum absolute atomic E-state index is 5.36. The third-order valence-corrected chi connectivity index (χ3v) is 3.41. The van der Waals surface area contributed by atoms with Gasteiger partial charge in [0.15, 0.2) is 5.11 Å². The predicted molar refractivity (Wildman–Crippen MR) is 73.5 cm³/mol. The van der Waals surface area contributed by atoms with Crippen LogP contribution in [0, 0.1) is 0 Å². The molecule has 0 amide bonds. The third-order valence-electron chi connectivity index (χ3n) is 2.57. The SMILES string of the molecule is NC(=S)N/N=C1/CCCc2c(Br)cccc21. The van der Waals surface area contributed by atoms with Gasteiger partial charge in [0, 0.05) is 10.0 Å². The number of hydrogen-bond donors (Lipinski definition) is 2. The van der Waals surface area contributed by atoms with Crippen LogP contribution in [-0.2, 0) is 6.42 Å². The number of fused-ring (bicyclic) bond motifs is 1. The predicted octanol–water partition coefficient (Wildman–Crippen LogP) is 2.32. The van der Waals surface area contributed by atoms with Gasteiger partial charge in [-0.1, -0.05) is 28.1 Å². The minimum atomic E-state index is 0.203. The minimum absolute atomic E-state index is 0.203. The summed E-state index contributed by atoms with van der Waals surface area (Å²) in [6, 6.07) is 6.16. The molecule has 3 N–H and O–H groups in total. The van der Waals surface area contributed by atoms with Crippen LogP contribution >= 0.6 is 28.1 Å². The van der Waals surface area contributed by atoms with Gasteiger partial charge in [-0.05, 0) is 43.1 Å². The molecule has 0 saturated carbocycles. The quantitative estimate of drug-likeness (QED) is 0.618. The van der Waals surface area contributed by atoms with Gasteiger partial charge in [0.2, 0.25) is 0 Å². The lowest BCUT2D eigenvalue weighted by Crippen LogP contribution is -2.26. The van der Waals surface area contributed by atoms with Gasteiger partial charge >= 0.3 is 0 Å². The van der Waals surface area contributed by atoms with E-state index in [9.17, 15) is 0 Å². The summed E-state index contributed by atoms with van der Waals surface area (Å²) in [5, 5.41) is 4.45. The second kappa shape index (κ2) is 4.93. The van der Waals surface area contributed by atoms with Crippen LogP contribution < -0.4 is 11.2 Å². The maximum atomic E-state index is 5.36. The topological polar surface area (TPSA) is 50.4 Å². The summed E-state index contributed by atoms with van der Waals surface area (Å²) in [6.07, 6.45) is 3.15. The third kappa shape index (κ3) is 2.41. The maximum Gasteiger partial charge on any atom is 0.184 e. The molecular weight excluding hydrogens is 286 g/mol. The molecule has 0 radical (unpaired) electrons. The van der Waals surface area contributed by atoms with Crippen molar-refractivity contribution in [1.29, 1.82) is 0 Å². The van der Waals surface area contributed by atoms with Gasteiger partial charge in [0.1, 0.15) is 0 Å². The number of nitrogens with zero attached hydrogens (tertiary/aromatic N) is 1. The van der Waals surface area contributed by atoms with Gasteiger partial charge in [-0.25, -0.2) is 0 Å². The van der Waals surface area contributed by atoms with E-state index in [1.54, 1.807) is 0 Å². The molecule has 1 aliphatic rings. The molecule has 0 heterocycles. The molecule has 0 fully saturated rings. The minimum Gasteiger partial charge on any atom is -0.375 e. The number of hydrogen-bond acceptors (Lipinski definition) is 2. The Bertz CT molecular complexity index is 457.